The van der Waals surface area contributed by atoms with E-state index in [1.54, 1.807) is 0 Å². The standard InChI is InChI=1S/2C14H12.2BrH/c2*1-3-7-13(8-4-1)11-12-14-9-5-2-6-10-14;;/h2*1-12H;2*1H/b2*12-11+;;. The van der Waals surface area contributed by atoms with Crippen molar-refractivity contribution in [1.82, 2.24) is 0 Å². The zero-order valence-electron chi connectivity index (χ0n) is 16.7. The maximum atomic E-state index is 2.12. The van der Waals surface area contributed by atoms with E-state index < -0.39 is 0 Å². The van der Waals surface area contributed by atoms with Crippen LogP contribution in [0.15, 0.2) is 121 Å². The Balaban J connectivity index is 0.000000281. The molecule has 0 unspecified atom stereocenters. The summed E-state index contributed by atoms with van der Waals surface area (Å²) >= 11 is 0. The molecule has 0 saturated carbocycles. The minimum Gasteiger partial charge on any atom is -0.114 e. The molecular formula is C28H26Br2. The van der Waals surface area contributed by atoms with Crippen molar-refractivity contribution >= 4 is 58.3 Å². The fraction of sp³-hybridized carbons (Fsp3) is 0. The second kappa shape index (κ2) is 15.2. The molecule has 0 spiro atoms. The summed E-state index contributed by atoms with van der Waals surface area (Å²) in [6, 6.07) is 41.3. The van der Waals surface area contributed by atoms with Gasteiger partial charge < -0.3 is 0 Å². The SMILES string of the molecule is Br.Br.C(=C\c1ccccc1)/c1ccccc1.C(=C\c1ccccc1)/c1ccccc1. The summed E-state index contributed by atoms with van der Waals surface area (Å²) in [5.74, 6) is 0. The summed E-state index contributed by atoms with van der Waals surface area (Å²) < 4.78 is 0. The van der Waals surface area contributed by atoms with Crippen molar-refractivity contribution in [2.75, 3.05) is 0 Å². The summed E-state index contributed by atoms with van der Waals surface area (Å²) in [7, 11) is 0. The lowest BCUT2D eigenvalue weighted by molar-refractivity contribution is 1.65. The molecule has 4 aromatic rings. The molecule has 0 atom stereocenters. The quantitative estimate of drug-likeness (QED) is 0.235. The van der Waals surface area contributed by atoms with Crippen molar-refractivity contribution in [3.8, 4) is 0 Å². The topological polar surface area (TPSA) is 0 Å². The molecule has 0 saturated heterocycles. The molecule has 0 aliphatic rings. The fourth-order valence-corrected chi connectivity index (χ4v) is 2.64. The van der Waals surface area contributed by atoms with Crippen LogP contribution in [0.2, 0.25) is 0 Å². The van der Waals surface area contributed by atoms with E-state index in [0.29, 0.717) is 0 Å². The highest BCUT2D eigenvalue weighted by atomic mass is 79.9. The highest BCUT2D eigenvalue weighted by Crippen LogP contribution is 2.08. The monoisotopic (exact) mass is 520 g/mol. The molecule has 4 aromatic carbocycles. The molecule has 0 radical (unpaired) electrons. The second-order valence-electron chi connectivity index (χ2n) is 6.31. The zero-order chi connectivity index (χ0) is 19.3. The molecule has 0 N–H and O–H groups in total. The first-order valence-electron chi connectivity index (χ1n) is 9.46. The minimum atomic E-state index is 0. The number of rotatable bonds is 4. The van der Waals surface area contributed by atoms with E-state index in [4.69, 9.17) is 0 Å². The highest BCUT2D eigenvalue weighted by Gasteiger charge is 1.85. The largest absolute Gasteiger partial charge is 0.114 e. The van der Waals surface area contributed by atoms with Gasteiger partial charge in [-0.2, -0.15) is 0 Å². The summed E-state index contributed by atoms with van der Waals surface area (Å²) in [6.07, 6.45) is 8.48. The second-order valence-corrected chi connectivity index (χ2v) is 6.31. The van der Waals surface area contributed by atoms with E-state index in [1.165, 1.54) is 22.3 Å². The first-order valence-corrected chi connectivity index (χ1v) is 9.46. The Morgan fingerprint density at radius 1 is 0.267 bits per heavy atom. The molecule has 0 nitrogen and oxygen atoms in total. The normalized spacial score (nSPS) is 9.87. The van der Waals surface area contributed by atoms with Crippen molar-refractivity contribution in [2.45, 2.75) is 0 Å². The molecule has 2 heteroatoms. The van der Waals surface area contributed by atoms with Crippen LogP contribution in [0.4, 0.5) is 0 Å². The molecule has 0 bridgehead atoms. The van der Waals surface area contributed by atoms with Crippen LogP contribution in [0, 0.1) is 0 Å². The Morgan fingerprint density at radius 2 is 0.433 bits per heavy atom. The third kappa shape index (κ3) is 9.69. The van der Waals surface area contributed by atoms with Gasteiger partial charge in [-0.25, -0.2) is 0 Å². The van der Waals surface area contributed by atoms with E-state index >= 15 is 0 Å². The van der Waals surface area contributed by atoms with Crippen LogP contribution in [0.3, 0.4) is 0 Å². The number of halogens is 2. The smallest absolute Gasteiger partial charge is 0.0256 e. The summed E-state index contributed by atoms with van der Waals surface area (Å²) in [5.41, 5.74) is 4.93. The average Bonchev–Trinajstić information content (AvgIpc) is 2.80. The maximum absolute atomic E-state index is 2.12. The molecule has 0 amide bonds. The van der Waals surface area contributed by atoms with E-state index in [2.05, 4.69) is 72.8 Å². The van der Waals surface area contributed by atoms with Crippen molar-refractivity contribution in [3.05, 3.63) is 144 Å². The van der Waals surface area contributed by atoms with E-state index in [-0.39, 0.29) is 34.0 Å². The lowest BCUT2D eigenvalue weighted by Crippen LogP contribution is -1.70. The number of hydrogen-bond acceptors (Lipinski definition) is 0. The van der Waals surface area contributed by atoms with Gasteiger partial charge >= 0.3 is 0 Å². The zero-order valence-corrected chi connectivity index (χ0v) is 20.1. The van der Waals surface area contributed by atoms with Gasteiger partial charge in [-0.1, -0.05) is 146 Å². The van der Waals surface area contributed by atoms with Crippen molar-refractivity contribution in [1.29, 1.82) is 0 Å². The van der Waals surface area contributed by atoms with Gasteiger partial charge in [-0.3, -0.25) is 0 Å². The van der Waals surface area contributed by atoms with Crippen LogP contribution < -0.4 is 0 Å². The lowest BCUT2D eigenvalue weighted by Gasteiger charge is -1.92. The van der Waals surface area contributed by atoms with Crippen LogP contribution >= 0.6 is 34.0 Å². The molecule has 0 aromatic heterocycles. The van der Waals surface area contributed by atoms with Gasteiger partial charge in [0.25, 0.3) is 0 Å². The van der Waals surface area contributed by atoms with Crippen LogP contribution in [0.25, 0.3) is 24.3 Å². The third-order valence-electron chi connectivity index (χ3n) is 4.13. The van der Waals surface area contributed by atoms with Crippen LogP contribution in [-0.2, 0) is 0 Å². The number of hydrogen-bond donors (Lipinski definition) is 0. The summed E-state index contributed by atoms with van der Waals surface area (Å²) in [4.78, 5) is 0. The van der Waals surface area contributed by atoms with Gasteiger partial charge in [0, 0.05) is 0 Å². The Kier molecular flexibility index (Phi) is 12.8. The highest BCUT2D eigenvalue weighted by molar-refractivity contribution is 8.93. The Hall–Kier alpha value is -2.68. The Labute approximate surface area is 201 Å². The van der Waals surface area contributed by atoms with Crippen LogP contribution in [-0.4, -0.2) is 0 Å². The molecule has 0 heterocycles. The van der Waals surface area contributed by atoms with Gasteiger partial charge in [0.15, 0.2) is 0 Å². The summed E-state index contributed by atoms with van der Waals surface area (Å²) in [6.45, 7) is 0. The van der Waals surface area contributed by atoms with E-state index in [1.807, 2.05) is 72.8 Å². The van der Waals surface area contributed by atoms with Gasteiger partial charge in [-0.15, -0.1) is 34.0 Å². The molecular weight excluding hydrogens is 496 g/mol. The van der Waals surface area contributed by atoms with E-state index in [0.717, 1.165) is 0 Å². The van der Waals surface area contributed by atoms with E-state index in [9.17, 15) is 0 Å². The third-order valence-corrected chi connectivity index (χ3v) is 4.13. The van der Waals surface area contributed by atoms with Crippen LogP contribution in [0.5, 0.6) is 0 Å². The molecule has 0 aliphatic heterocycles. The minimum absolute atomic E-state index is 0. The van der Waals surface area contributed by atoms with Crippen molar-refractivity contribution in [3.63, 3.8) is 0 Å². The van der Waals surface area contributed by atoms with Gasteiger partial charge in [-0.05, 0) is 22.3 Å². The molecule has 152 valence electrons. The Bertz CT molecular complexity index is 810. The van der Waals surface area contributed by atoms with Crippen LogP contribution in [0.1, 0.15) is 22.3 Å². The van der Waals surface area contributed by atoms with Gasteiger partial charge in [0.1, 0.15) is 0 Å². The molecule has 4 rings (SSSR count). The van der Waals surface area contributed by atoms with Crippen molar-refractivity contribution in [2.24, 2.45) is 0 Å². The molecule has 0 fully saturated rings. The fourth-order valence-electron chi connectivity index (χ4n) is 2.64. The first-order chi connectivity index (χ1) is 13.9. The Morgan fingerprint density at radius 3 is 0.600 bits per heavy atom. The van der Waals surface area contributed by atoms with Gasteiger partial charge in [0.2, 0.25) is 0 Å². The predicted octanol–water partition coefficient (Wildman–Crippen LogP) is 8.87. The predicted molar refractivity (Wildman–Crippen MR) is 144 cm³/mol. The molecule has 30 heavy (non-hydrogen) atoms. The van der Waals surface area contributed by atoms with Crippen molar-refractivity contribution < 1.29 is 0 Å². The molecule has 0 aliphatic carbocycles. The average molecular weight is 522 g/mol. The summed E-state index contributed by atoms with van der Waals surface area (Å²) in [5, 5.41) is 0. The number of benzene rings is 4. The van der Waals surface area contributed by atoms with Gasteiger partial charge in [0.05, 0.1) is 0 Å². The first kappa shape index (κ1) is 25.4. The lowest BCUT2D eigenvalue weighted by atomic mass is 10.1. The maximum Gasteiger partial charge on any atom is -0.0256 e.